The lowest BCUT2D eigenvalue weighted by atomic mass is 10.1. The van der Waals surface area contributed by atoms with Crippen LogP contribution in [0.3, 0.4) is 0 Å². The lowest BCUT2D eigenvalue weighted by Gasteiger charge is -2.20. The van der Waals surface area contributed by atoms with E-state index in [1.807, 2.05) is 0 Å². The zero-order valence-corrected chi connectivity index (χ0v) is 17.0. The van der Waals surface area contributed by atoms with Crippen LogP contribution in [-0.4, -0.2) is 39.6 Å². The maximum absolute atomic E-state index is 13.0. The summed E-state index contributed by atoms with van der Waals surface area (Å²) in [4.78, 5) is 24.0. The predicted octanol–water partition coefficient (Wildman–Crippen LogP) is 2.51. The van der Waals surface area contributed by atoms with E-state index in [-0.39, 0.29) is 11.5 Å². The SMILES string of the molecule is CCOC(=O)C(C)NC(=O)Nc1ccc2c(c1)N(S(=O)(=O)c1ccccc1)CC2. The van der Waals surface area contributed by atoms with Crippen LogP contribution in [0.25, 0.3) is 0 Å². The van der Waals surface area contributed by atoms with Crippen molar-refractivity contribution < 1.29 is 22.7 Å². The van der Waals surface area contributed by atoms with Gasteiger partial charge in [-0.3, -0.25) is 4.31 Å². The molecule has 1 heterocycles. The molecule has 2 N–H and O–H groups in total. The number of nitrogens with one attached hydrogen (secondary N) is 2. The lowest BCUT2D eigenvalue weighted by Crippen LogP contribution is -2.41. The van der Waals surface area contributed by atoms with E-state index in [9.17, 15) is 18.0 Å². The van der Waals surface area contributed by atoms with Gasteiger partial charge in [0.2, 0.25) is 0 Å². The predicted molar refractivity (Wildman–Crippen MR) is 109 cm³/mol. The van der Waals surface area contributed by atoms with Gasteiger partial charge in [0.05, 0.1) is 17.2 Å². The second kappa shape index (κ2) is 8.52. The quantitative estimate of drug-likeness (QED) is 0.703. The topological polar surface area (TPSA) is 105 Å². The maximum Gasteiger partial charge on any atom is 0.328 e. The normalized spacial score (nSPS) is 14.1. The van der Waals surface area contributed by atoms with Crippen molar-refractivity contribution >= 4 is 33.4 Å². The molecule has 1 unspecified atom stereocenters. The summed E-state index contributed by atoms with van der Waals surface area (Å²) in [5.74, 6) is -0.531. The van der Waals surface area contributed by atoms with Crippen molar-refractivity contribution in [3.05, 3.63) is 54.1 Å². The van der Waals surface area contributed by atoms with E-state index >= 15 is 0 Å². The van der Waals surface area contributed by atoms with Crippen LogP contribution in [0, 0.1) is 0 Å². The fourth-order valence-corrected chi connectivity index (χ4v) is 4.60. The summed E-state index contributed by atoms with van der Waals surface area (Å²) in [6.07, 6.45) is 0.591. The molecule has 29 heavy (non-hydrogen) atoms. The highest BCUT2D eigenvalue weighted by atomic mass is 32.2. The van der Waals surface area contributed by atoms with Gasteiger partial charge in [-0.25, -0.2) is 18.0 Å². The number of amides is 2. The van der Waals surface area contributed by atoms with Crippen LogP contribution in [-0.2, 0) is 26.0 Å². The van der Waals surface area contributed by atoms with Crippen LogP contribution in [0.2, 0.25) is 0 Å². The molecule has 0 radical (unpaired) electrons. The number of benzene rings is 2. The highest BCUT2D eigenvalue weighted by Crippen LogP contribution is 2.35. The first-order valence-corrected chi connectivity index (χ1v) is 10.7. The van der Waals surface area contributed by atoms with Gasteiger partial charge in [-0.1, -0.05) is 24.3 Å². The minimum atomic E-state index is -3.69. The molecule has 3 rings (SSSR count). The van der Waals surface area contributed by atoms with Crippen molar-refractivity contribution in [3.8, 4) is 0 Å². The van der Waals surface area contributed by atoms with Crippen molar-refractivity contribution in [2.75, 3.05) is 22.8 Å². The zero-order chi connectivity index (χ0) is 21.0. The van der Waals surface area contributed by atoms with Crippen molar-refractivity contribution in [2.45, 2.75) is 31.2 Å². The van der Waals surface area contributed by atoms with Crippen molar-refractivity contribution in [3.63, 3.8) is 0 Å². The molecule has 0 bridgehead atoms. The largest absolute Gasteiger partial charge is 0.464 e. The van der Waals surface area contributed by atoms with Crippen LogP contribution in [0.5, 0.6) is 0 Å². The van der Waals surface area contributed by atoms with Crippen LogP contribution in [0.4, 0.5) is 16.2 Å². The lowest BCUT2D eigenvalue weighted by molar-refractivity contribution is -0.144. The number of urea groups is 1. The molecule has 9 heteroatoms. The Balaban J connectivity index is 1.76. The Morgan fingerprint density at radius 3 is 2.59 bits per heavy atom. The highest BCUT2D eigenvalue weighted by molar-refractivity contribution is 7.92. The Hall–Kier alpha value is -3.07. The monoisotopic (exact) mass is 417 g/mol. The number of anilines is 2. The van der Waals surface area contributed by atoms with Gasteiger partial charge in [-0.05, 0) is 50.1 Å². The van der Waals surface area contributed by atoms with Crippen LogP contribution in [0.1, 0.15) is 19.4 Å². The van der Waals surface area contributed by atoms with Crippen molar-refractivity contribution in [1.82, 2.24) is 5.32 Å². The zero-order valence-electron chi connectivity index (χ0n) is 16.2. The summed E-state index contributed by atoms with van der Waals surface area (Å²) in [7, 11) is -3.69. The summed E-state index contributed by atoms with van der Waals surface area (Å²) in [6, 6.07) is 12.0. The molecule has 2 amide bonds. The number of sulfonamides is 1. The van der Waals surface area contributed by atoms with Crippen LogP contribution in [0.15, 0.2) is 53.4 Å². The van der Waals surface area contributed by atoms with Gasteiger partial charge in [0.25, 0.3) is 10.0 Å². The number of fused-ring (bicyclic) bond motifs is 1. The van der Waals surface area contributed by atoms with E-state index in [0.29, 0.717) is 24.3 Å². The van der Waals surface area contributed by atoms with Gasteiger partial charge in [-0.15, -0.1) is 0 Å². The summed E-state index contributed by atoms with van der Waals surface area (Å²) >= 11 is 0. The molecule has 2 aromatic rings. The minimum Gasteiger partial charge on any atom is -0.464 e. The van der Waals surface area contributed by atoms with Gasteiger partial charge < -0.3 is 15.4 Å². The summed E-state index contributed by atoms with van der Waals surface area (Å²) in [6.45, 7) is 3.77. The molecule has 1 aliphatic rings. The fourth-order valence-electron chi connectivity index (χ4n) is 3.09. The maximum atomic E-state index is 13.0. The third-order valence-electron chi connectivity index (χ3n) is 4.52. The van der Waals surface area contributed by atoms with E-state index < -0.39 is 28.1 Å². The number of esters is 1. The molecule has 1 atom stereocenters. The average Bonchev–Trinajstić information content (AvgIpc) is 3.12. The van der Waals surface area contributed by atoms with Crippen LogP contribution >= 0.6 is 0 Å². The number of ether oxygens (including phenoxy) is 1. The molecule has 154 valence electrons. The van der Waals surface area contributed by atoms with E-state index in [1.165, 1.54) is 11.2 Å². The summed E-state index contributed by atoms with van der Waals surface area (Å²) < 4.78 is 32.2. The van der Waals surface area contributed by atoms with Gasteiger partial charge in [-0.2, -0.15) is 0 Å². The molecule has 0 fully saturated rings. The highest BCUT2D eigenvalue weighted by Gasteiger charge is 2.31. The molecule has 0 aliphatic carbocycles. The van der Waals surface area contributed by atoms with Gasteiger partial charge in [0.1, 0.15) is 6.04 Å². The molecule has 8 nitrogen and oxygen atoms in total. The van der Waals surface area contributed by atoms with Crippen LogP contribution < -0.4 is 14.9 Å². The van der Waals surface area contributed by atoms with Gasteiger partial charge >= 0.3 is 12.0 Å². The molecular weight excluding hydrogens is 394 g/mol. The third kappa shape index (κ3) is 4.51. The Bertz CT molecular complexity index is 1010. The number of hydrogen-bond acceptors (Lipinski definition) is 5. The van der Waals surface area contributed by atoms with E-state index in [2.05, 4.69) is 10.6 Å². The Morgan fingerprint density at radius 1 is 1.17 bits per heavy atom. The number of carbonyl (C=O) groups is 2. The minimum absolute atomic E-state index is 0.215. The first kappa shape index (κ1) is 20.7. The molecule has 0 saturated carbocycles. The van der Waals surface area contributed by atoms with Crippen molar-refractivity contribution in [1.29, 1.82) is 0 Å². The molecule has 0 saturated heterocycles. The number of hydrogen-bond donors (Lipinski definition) is 2. The third-order valence-corrected chi connectivity index (χ3v) is 6.34. The van der Waals surface area contributed by atoms with Crippen molar-refractivity contribution in [2.24, 2.45) is 0 Å². The second-order valence-corrected chi connectivity index (χ2v) is 8.42. The fraction of sp³-hybridized carbons (Fsp3) is 0.300. The standard InChI is InChI=1S/C20H23N3O5S/c1-3-28-19(24)14(2)21-20(25)22-16-10-9-15-11-12-23(18(15)13-16)29(26,27)17-7-5-4-6-8-17/h4-10,13-14H,3,11-12H2,1-2H3,(H2,21,22,25). The van der Waals surface area contributed by atoms with E-state index in [0.717, 1.165) is 5.56 Å². The molecule has 0 aromatic heterocycles. The first-order chi connectivity index (χ1) is 13.8. The Labute approximate surface area is 169 Å². The molecule has 2 aromatic carbocycles. The Morgan fingerprint density at radius 2 is 1.90 bits per heavy atom. The molecule has 0 spiro atoms. The second-order valence-electron chi connectivity index (χ2n) is 6.56. The van der Waals surface area contributed by atoms with Gasteiger partial charge in [0.15, 0.2) is 0 Å². The Kier molecular flexibility index (Phi) is 6.07. The first-order valence-electron chi connectivity index (χ1n) is 9.27. The van der Waals surface area contributed by atoms with Gasteiger partial charge in [0, 0.05) is 12.2 Å². The van der Waals surface area contributed by atoms with E-state index in [4.69, 9.17) is 4.74 Å². The average molecular weight is 417 g/mol. The molecular formula is C20H23N3O5S. The van der Waals surface area contributed by atoms with E-state index in [1.54, 1.807) is 55.5 Å². The number of carbonyl (C=O) groups excluding carboxylic acids is 2. The summed E-state index contributed by atoms with van der Waals surface area (Å²) in [5.41, 5.74) is 1.84. The number of rotatable bonds is 6. The number of nitrogens with zero attached hydrogens (tertiary/aromatic N) is 1. The smallest absolute Gasteiger partial charge is 0.328 e. The summed E-state index contributed by atoms with van der Waals surface area (Å²) in [5, 5.41) is 5.12. The molecule has 1 aliphatic heterocycles.